The van der Waals surface area contributed by atoms with Gasteiger partial charge in [-0.1, -0.05) is 6.92 Å². The van der Waals surface area contributed by atoms with Gasteiger partial charge in [-0.2, -0.15) is 0 Å². The Bertz CT molecular complexity index is 124. The van der Waals surface area contributed by atoms with Crippen LogP contribution in [0.1, 0.15) is 32.6 Å². The predicted octanol–water partition coefficient (Wildman–Crippen LogP) is 2.26. The molecular weight excluding hydrogens is 184 g/mol. The summed E-state index contributed by atoms with van der Waals surface area (Å²) in [6, 6.07) is 0. The Hall–Kier alpha value is 0.270. The third-order valence-electron chi connectivity index (χ3n) is 2.33. The Balaban J connectivity index is 2.03. The van der Waals surface area contributed by atoms with Gasteiger partial charge in [0.05, 0.1) is 0 Å². The SMILES string of the molecule is CC(CCO)CSC1CCCCO1. The van der Waals surface area contributed by atoms with Crippen molar-refractivity contribution in [2.75, 3.05) is 19.0 Å². The summed E-state index contributed by atoms with van der Waals surface area (Å²) in [6.07, 6.45) is 4.66. The van der Waals surface area contributed by atoms with Crippen molar-refractivity contribution >= 4 is 11.8 Å². The van der Waals surface area contributed by atoms with Crippen molar-refractivity contribution in [3.8, 4) is 0 Å². The predicted molar refractivity (Wildman–Crippen MR) is 56.9 cm³/mol. The Morgan fingerprint density at radius 3 is 3.00 bits per heavy atom. The molecule has 0 aromatic heterocycles. The van der Waals surface area contributed by atoms with E-state index in [1.165, 1.54) is 19.3 Å². The second-order valence-corrected chi connectivity index (χ2v) is 4.94. The van der Waals surface area contributed by atoms with Crippen LogP contribution in [0.25, 0.3) is 0 Å². The first kappa shape index (κ1) is 11.3. The van der Waals surface area contributed by atoms with E-state index in [4.69, 9.17) is 9.84 Å². The van der Waals surface area contributed by atoms with Crippen molar-refractivity contribution < 1.29 is 9.84 Å². The smallest absolute Gasteiger partial charge is 0.103 e. The fourth-order valence-electron chi connectivity index (χ4n) is 1.42. The van der Waals surface area contributed by atoms with Crippen LogP contribution in [0.5, 0.6) is 0 Å². The first-order chi connectivity index (χ1) is 6.33. The summed E-state index contributed by atoms with van der Waals surface area (Å²) in [6.45, 7) is 3.44. The monoisotopic (exact) mass is 204 g/mol. The fraction of sp³-hybridized carbons (Fsp3) is 1.00. The van der Waals surface area contributed by atoms with Gasteiger partial charge < -0.3 is 9.84 Å². The minimum atomic E-state index is 0.313. The molecule has 78 valence electrons. The highest BCUT2D eigenvalue weighted by Gasteiger charge is 2.14. The number of ether oxygens (including phenoxy) is 1. The topological polar surface area (TPSA) is 29.5 Å². The standard InChI is InChI=1S/C10H20O2S/c1-9(5-6-11)8-13-10-4-2-3-7-12-10/h9-11H,2-8H2,1H3. The fourth-order valence-corrected chi connectivity index (χ4v) is 2.65. The minimum absolute atomic E-state index is 0.313. The van der Waals surface area contributed by atoms with Crippen LogP contribution in [-0.4, -0.2) is 29.5 Å². The first-order valence-electron chi connectivity index (χ1n) is 5.17. The molecule has 0 aromatic carbocycles. The molecule has 1 heterocycles. The van der Waals surface area contributed by atoms with E-state index >= 15 is 0 Å². The summed E-state index contributed by atoms with van der Waals surface area (Å²) in [4.78, 5) is 0. The van der Waals surface area contributed by atoms with Crippen molar-refractivity contribution in [1.29, 1.82) is 0 Å². The number of aliphatic hydroxyl groups excluding tert-OH is 1. The second kappa shape index (κ2) is 6.68. The molecular formula is C10H20O2S. The lowest BCUT2D eigenvalue weighted by Gasteiger charge is -2.23. The van der Waals surface area contributed by atoms with Crippen LogP contribution in [0, 0.1) is 5.92 Å². The first-order valence-corrected chi connectivity index (χ1v) is 6.22. The van der Waals surface area contributed by atoms with Gasteiger partial charge >= 0.3 is 0 Å². The molecule has 3 heteroatoms. The summed E-state index contributed by atoms with van der Waals surface area (Å²) in [5.41, 5.74) is 0.426. The van der Waals surface area contributed by atoms with E-state index in [9.17, 15) is 0 Å². The summed E-state index contributed by atoms with van der Waals surface area (Å²) in [7, 11) is 0. The van der Waals surface area contributed by atoms with E-state index < -0.39 is 0 Å². The van der Waals surface area contributed by atoms with Crippen LogP contribution >= 0.6 is 11.8 Å². The van der Waals surface area contributed by atoms with Crippen LogP contribution < -0.4 is 0 Å². The normalized spacial score (nSPS) is 25.8. The average Bonchev–Trinajstić information content (AvgIpc) is 2.17. The molecule has 0 bridgehead atoms. The lowest BCUT2D eigenvalue weighted by molar-refractivity contribution is 0.0726. The van der Waals surface area contributed by atoms with Crippen LogP contribution in [0.3, 0.4) is 0 Å². The minimum Gasteiger partial charge on any atom is -0.396 e. The Morgan fingerprint density at radius 1 is 1.54 bits per heavy atom. The summed E-state index contributed by atoms with van der Waals surface area (Å²) >= 11 is 1.91. The number of rotatable bonds is 5. The Labute approximate surface area is 85.0 Å². The van der Waals surface area contributed by atoms with Crippen LogP contribution in [0.2, 0.25) is 0 Å². The molecule has 1 N–H and O–H groups in total. The molecule has 0 aromatic rings. The largest absolute Gasteiger partial charge is 0.396 e. The van der Waals surface area contributed by atoms with E-state index in [2.05, 4.69) is 6.92 Å². The van der Waals surface area contributed by atoms with Gasteiger partial charge in [0.25, 0.3) is 0 Å². The van der Waals surface area contributed by atoms with Gasteiger partial charge in [0, 0.05) is 13.2 Å². The van der Waals surface area contributed by atoms with Crippen molar-refractivity contribution in [2.24, 2.45) is 5.92 Å². The number of hydrogen-bond acceptors (Lipinski definition) is 3. The van der Waals surface area contributed by atoms with E-state index in [1.54, 1.807) is 0 Å². The maximum atomic E-state index is 8.73. The summed E-state index contributed by atoms with van der Waals surface area (Å²) in [5.74, 6) is 1.73. The molecule has 0 spiro atoms. The van der Waals surface area contributed by atoms with Crippen molar-refractivity contribution in [3.63, 3.8) is 0 Å². The van der Waals surface area contributed by atoms with Crippen molar-refractivity contribution in [3.05, 3.63) is 0 Å². The molecule has 1 fully saturated rings. The van der Waals surface area contributed by atoms with Gasteiger partial charge in [-0.15, -0.1) is 11.8 Å². The van der Waals surface area contributed by atoms with Crippen molar-refractivity contribution in [1.82, 2.24) is 0 Å². The molecule has 1 aliphatic heterocycles. The molecule has 1 rings (SSSR count). The highest BCUT2D eigenvalue weighted by molar-refractivity contribution is 7.99. The third kappa shape index (κ3) is 4.89. The van der Waals surface area contributed by atoms with E-state index in [0.29, 0.717) is 18.0 Å². The summed E-state index contributed by atoms with van der Waals surface area (Å²) < 4.78 is 5.61. The molecule has 0 amide bonds. The van der Waals surface area contributed by atoms with Gasteiger partial charge in [-0.3, -0.25) is 0 Å². The Kier molecular flexibility index (Phi) is 5.83. The van der Waals surface area contributed by atoms with Crippen LogP contribution in [0.15, 0.2) is 0 Å². The van der Waals surface area contributed by atoms with Gasteiger partial charge in [0.2, 0.25) is 0 Å². The number of aliphatic hydroxyl groups is 1. The highest BCUT2D eigenvalue weighted by Crippen LogP contribution is 2.25. The average molecular weight is 204 g/mol. The van der Waals surface area contributed by atoms with Gasteiger partial charge in [-0.25, -0.2) is 0 Å². The maximum Gasteiger partial charge on any atom is 0.103 e. The van der Waals surface area contributed by atoms with E-state index in [0.717, 1.165) is 18.8 Å². The zero-order valence-corrected chi connectivity index (χ0v) is 9.18. The molecule has 2 unspecified atom stereocenters. The highest BCUT2D eigenvalue weighted by atomic mass is 32.2. The van der Waals surface area contributed by atoms with Gasteiger partial charge in [0.1, 0.15) is 5.44 Å². The zero-order valence-electron chi connectivity index (χ0n) is 8.37. The van der Waals surface area contributed by atoms with E-state index in [1.807, 2.05) is 11.8 Å². The molecule has 0 aliphatic carbocycles. The lowest BCUT2D eigenvalue weighted by atomic mass is 10.1. The second-order valence-electron chi connectivity index (χ2n) is 3.75. The van der Waals surface area contributed by atoms with Crippen LogP contribution in [0.4, 0.5) is 0 Å². The molecule has 1 aliphatic rings. The maximum absolute atomic E-state index is 8.73. The van der Waals surface area contributed by atoms with Gasteiger partial charge in [-0.05, 0) is 37.4 Å². The van der Waals surface area contributed by atoms with Crippen molar-refractivity contribution in [2.45, 2.75) is 38.0 Å². The molecule has 2 nitrogen and oxygen atoms in total. The number of thioether (sulfide) groups is 1. The van der Waals surface area contributed by atoms with Gasteiger partial charge in [0.15, 0.2) is 0 Å². The van der Waals surface area contributed by atoms with E-state index in [-0.39, 0.29) is 0 Å². The summed E-state index contributed by atoms with van der Waals surface area (Å²) in [5, 5.41) is 8.73. The molecule has 0 saturated carbocycles. The molecule has 1 saturated heterocycles. The quantitative estimate of drug-likeness (QED) is 0.745. The zero-order chi connectivity index (χ0) is 9.52. The molecule has 2 atom stereocenters. The molecule has 0 radical (unpaired) electrons. The Morgan fingerprint density at radius 2 is 2.38 bits per heavy atom. The van der Waals surface area contributed by atoms with Crippen LogP contribution in [-0.2, 0) is 4.74 Å². The lowest BCUT2D eigenvalue weighted by Crippen LogP contribution is -2.17. The number of hydrogen-bond donors (Lipinski definition) is 1. The third-order valence-corrected chi connectivity index (χ3v) is 3.83. The molecule has 13 heavy (non-hydrogen) atoms.